The minimum Gasteiger partial charge on any atom is -0.399 e. The van der Waals surface area contributed by atoms with Gasteiger partial charge in [-0.05, 0) is 47.9 Å². The molecule has 0 fully saturated rings. The average Bonchev–Trinajstić information content (AvgIpc) is 3.02. The van der Waals surface area contributed by atoms with Crippen molar-refractivity contribution in [1.82, 2.24) is 14.6 Å². The monoisotopic (exact) mass is 265 g/mol. The lowest BCUT2D eigenvalue weighted by molar-refractivity contribution is 0.809. The Hall–Kier alpha value is -2.56. The Bertz CT molecular complexity index is 805. The van der Waals surface area contributed by atoms with Crippen LogP contribution in [0.15, 0.2) is 36.7 Å². The van der Waals surface area contributed by atoms with Crippen LogP contribution >= 0.6 is 0 Å². The van der Waals surface area contributed by atoms with Crippen LogP contribution in [0, 0.1) is 6.92 Å². The molecular formula is C15H15N5. The Morgan fingerprint density at radius 1 is 1.10 bits per heavy atom. The summed E-state index contributed by atoms with van der Waals surface area (Å²) in [7, 11) is 0. The van der Waals surface area contributed by atoms with E-state index in [2.05, 4.69) is 40.1 Å². The van der Waals surface area contributed by atoms with Gasteiger partial charge in [-0.15, -0.1) is 0 Å². The van der Waals surface area contributed by atoms with Crippen LogP contribution in [0.5, 0.6) is 0 Å². The Balaban J connectivity index is 1.80. The molecule has 3 heterocycles. The first-order valence-electron chi connectivity index (χ1n) is 6.63. The standard InChI is InChI=1S/C15H15N5/c1-10-4-14-17-9-18-20(14)15(5-10)19-7-11-2-3-13(16)6-12(11)8-19/h2-6,9H,7-8,16H2,1H3. The normalized spacial score (nSPS) is 13.9. The van der Waals surface area contributed by atoms with Crippen molar-refractivity contribution in [2.45, 2.75) is 20.0 Å². The highest BCUT2D eigenvalue weighted by atomic mass is 15.4. The third kappa shape index (κ3) is 1.63. The minimum atomic E-state index is 0.820. The number of anilines is 2. The zero-order valence-corrected chi connectivity index (χ0v) is 11.2. The van der Waals surface area contributed by atoms with Gasteiger partial charge in [0, 0.05) is 18.8 Å². The molecule has 0 unspecified atom stereocenters. The van der Waals surface area contributed by atoms with E-state index in [0.717, 1.165) is 30.2 Å². The Kier molecular flexibility index (Phi) is 2.24. The van der Waals surface area contributed by atoms with Gasteiger partial charge in [0.25, 0.3) is 0 Å². The minimum absolute atomic E-state index is 0.820. The summed E-state index contributed by atoms with van der Waals surface area (Å²) in [5, 5.41) is 4.32. The fourth-order valence-electron chi connectivity index (χ4n) is 2.84. The molecule has 20 heavy (non-hydrogen) atoms. The highest BCUT2D eigenvalue weighted by molar-refractivity contribution is 5.57. The summed E-state index contributed by atoms with van der Waals surface area (Å²) in [6, 6.07) is 10.3. The molecule has 2 N–H and O–H groups in total. The summed E-state index contributed by atoms with van der Waals surface area (Å²) in [4.78, 5) is 6.58. The number of benzene rings is 1. The maximum Gasteiger partial charge on any atom is 0.157 e. The van der Waals surface area contributed by atoms with Crippen LogP contribution in [-0.4, -0.2) is 14.6 Å². The van der Waals surface area contributed by atoms with Gasteiger partial charge in [0.1, 0.15) is 12.1 Å². The van der Waals surface area contributed by atoms with Crippen molar-refractivity contribution in [2.24, 2.45) is 0 Å². The van der Waals surface area contributed by atoms with Gasteiger partial charge in [-0.25, -0.2) is 4.98 Å². The summed E-state index contributed by atoms with van der Waals surface area (Å²) >= 11 is 0. The molecule has 0 atom stereocenters. The number of pyridine rings is 1. The van der Waals surface area contributed by atoms with Crippen LogP contribution in [0.2, 0.25) is 0 Å². The van der Waals surface area contributed by atoms with Crippen molar-refractivity contribution in [1.29, 1.82) is 0 Å². The maximum absolute atomic E-state index is 5.87. The van der Waals surface area contributed by atoms with Crippen molar-refractivity contribution < 1.29 is 0 Å². The second-order valence-electron chi connectivity index (χ2n) is 5.31. The summed E-state index contributed by atoms with van der Waals surface area (Å²) in [5.74, 6) is 1.08. The van der Waals surface area contributed by atoms with E-state index in [1.54, 1.807) is 6.33 Å². The summed E-state index contributed by atoms with van der Waals surface area (Å²) in [6.07, 6.45) is 1.60. The van der Waals surface area contributed by atoms with E-state index in [1.807, 2.05) is 16.6 Å². The van der Waals surface area contributed by atoms with Crippen LogP contribution in [0.25, 0.3) is 5.65 Å². The molecular weight excluding hydrogens is 250 g/mol. The van der Waals surface area contributed by atoms with E-state index >= 15 is 0 Å². The third-order valence-electron chi connectivity index (χ3n) is 3.78. The number of hydrogen-bond donors (Lipinski definition) is 1. The summed E-state index contributed by atoms with van der Waals surface area (Å²) in [6.45, 7) is 3.83. The average molecular weight is 265 g/mol. The SMILES string of the molecule is Cc1cc(N2Cc3ccc(N)cc3C2)n2ncnc2c1. The maximum atomic E-state index is 5.87. The second-order valence-corrected chi connectivity index (χ2v) is 5.31. The molecule has 0 saturated carbocycles. The lowest BCUT2D eigenvalue weighted by Gasteiger charge is -2.19. The highest BCUT2D eigenvalue weighted by Gasteiger charge is 2.21. The first kappa shape index (κ1) is 11.3. The number of aryl methyl sites for hydroxylation is 1. The largest absolute Gasteiger partial charge is 0.399 e. The highest BCUT2D eigenvalue weighted by Crippen LogP contribution is 2.30. The molecule has 0 aliphatic carbocycles. The first-order valence-corrected chi connectivity index (χ1v) is 6.63. The molecule has 2 aromatic heterocycles. The van der Waals surface area contributed by atoms with Gasteiger partial charge in [-0.3, -0.25) is 0 Å². The number of aromatic nitrogens is 3. The van der Waals surface area contributed by atoms with Crippen molar-refractivity contribution >= 4 is 17.2 Å². The molecule has 0 bridgehead atoms. The Labute approximate surface area is 116 Å². The molecule has 1 aromatic carbocycles. The topological polar surface area (TPSA) is 59.5 Å². The lowest BCUT2D eigenvalue weighted by Crippen LogP contribution is -2.18. The molecule has 1 aliphatic rings. The second kappa shape index (κ2) is 3.96. The quantitative estimate of drug-likeness (QED) is 0.685. The Morgan fingerprint density at radius 3 is 2.85 bits per heavy atom. The van der Waals surface area contributed by atoms with E-state index in [9.17, 15) is 0 Å². The van der Waals surface area contributed by atoms with E-state index < -0.39 is 0 Å². The molecule has 0 saturated heterocycles. The van der Waals surface area contributed by atoms with E-state index in [0.29, 0.717) is 0 Å². The molecule has 1 aliphatic heterocycles. The number of nitrogens with two attached hydrogens (primary N) is 1. The molecule has 3 aromatic rings. The number of hydrogen-bond acceptors (Lipinski definition) is 4. The van der Waals surface area contributed by atoms with Gasteiger partial charge in [0.05, 0.1) is 0 Å². The van der Waals surface area contributed by atoms with Crippen molar-refractivity contribution in [3.8, 4) is 0 Å². The third-order valence-corrected chi connectivity index (χ3v) is 3.78. The number of nitrogen functional groups attached to an aromatic ring is 1. The van der Waals surface area contributed by atoms with E-state index in [4.69, 9.17) is 5.73 Å². The lowest BCUT2D eigenvalue weighted by atomic mass is 10.1. The van der Waals surface area contributed by atoms with Gasteiger partial charge in [0.2, 0.25) is 0 Å². The van der Waals surface area contributed by atoms with Gasteiger partial charge >= 0.3 is 0 Å². The first-order chi connectivity index (χ1) is 9.70. The molecule has 4 rings (SSSR count). The summed E-state index contributed by atoms with van der Waals surface area (Å²) < 4.78 is 1.89. The van der Waals surface area contributed by atoms with Gasteiger partial charge in [-0.1, -0.05) is 6.07 Å². The van der Waals surface area contributed by atoms with Crippen molar-refractivity contribution in [2.75, 3.05) is 10.6 Å². The zero-order valence-electron chi connectivity index (χ0n) is 11.2. The fourth-order valence-corrected chi connectivity index (χ4v) is 2.84. The zero-order chi connectivity index (χ0) is 13.7. The molecule has 5 heteroatoms. The van der Waals surface area contributed by atoms with Crippen molar-refractivity contribution in [3.05, 3.63) is 53.3 Å². The van der Waals surface area contributed by atoms with Gasteiger partial charge in [-0.2, -0.15) is 9.61 Å². The Morgan fingerprint density at radius 2 is 1.95 bits per heavy atom. The molecule has 0 spiro atoms. The predicted octanol–water partition coefficient (Wildman–Crippen LogP) is 2.14. The fraction of sp³-hybridized carbons (Fsp3) is 0.200. The van der Waals surface area contributed by atoms with E-state index in [1.165, 1.54) is 16.7 Å². The van der Waals surface area contributed by atoms with Crippen LogP contribution < -0.4 is 10.6 Å². The van der Waals surface area contributed by atoms with Crippen LogP contribution in [0.1, 0.15) is 16.7 Å². The molecule has 0 radical (unpaired) electrons. The molecule has 0 amide bonds. The molecule has 100 valence electrons. The number of nitrogens with zero attached hydrogens (tertiary/aromatic N) is 4. The molecule has 5 nitrogen and oxygen atoms in total. The van der Waals surface area contributed by atoms with E-state index in [-0.39, 0.29) is 0 Å². The number of fused-ring (bicyclic) bond motifs is 2. The van der Waals surface area contributed by atoms with Crippen LogP contribution in [0.3, 0.4) is 0 Å². The number of rotatable bonds is 1. The van der Waals surface area contributed by atoms with Gasteiger partial charge < -0.3 is 10.6 Å². The smallest absolute Gasteiger partial charge is 0.157 e. The van der Waals surface area contributed by atoms with Crippen LogP contribution in [-0.2, 0) is 13.1 Å². The predicted molar refractivity (Wildman–Crippen MR) is 78.5 cm³/mol. The van der Waals surface area contributed by atoms with Crippen LogP contribution in [0.4, 0.5) is 11.5 Å². The van der Waals surface area contributed by atoms with Gasteiger partial charge in [0.15, 0.2) is 5.65 Å². The summed E-state index contributed by atoms with van der Waals surface area (Å²) in [5.41, 5.74) is 11.4. The van der Waals surface area contributed by atoms with Crippen molar-refractivity contribution in [3.63, 3.8) is 0 Å².